The largest absolute Gasteiger partial charge is 0.478 e. The Labute approximate surface area is 131 Å². The molecule has 0 aliphatic rings. The third-order valence-electron chi connectivity index (χ3n) is 3.17. The number of benzene rings is 1. The second-order valence-electron chi connectivity index (χ2n) is 4.96. The molecule has 0 amide bonds. The van der Waals surface area contributed by atoms with E-state index in [4.69, 9.17) is 15.3 Å². The summed E-state index contributed by atoms with van der Waals surface area (Å²) >= 11 is 0. The summed E-state index contributed by atoms with van der Waals surface area (Å²) in [5.41, 5.74) is 2.04. The van der Waals surface area contributed by atoms with Crippen molar-refractivity contribution in [2.75, 3.05) is 11.9 Å². The molecule has 3 N–H and O–H groups in total. The predicted molar refractivity (Wildman–Crippen MR) is 88.6 cm³/mol. The van der Waals surface area contributed by atoms with E-state index in [0.717, 1.165) is 24.6 Å². The molecular formula is C17H24N2O3. The highest BCUT2D eigenvalue weighted by Crippen LogP contribution is 2.21. The Hall–Kier alpha value is -2.14. The van der Waals surface area contributed by atoms with Gasteiger partial charge in [0, 0.05) is 23.9 Å². The van der Waals surface area contributed by atoms with Crippen molar-refractivity contribution in [3.05, 3.63) is 41.5 Å². The molecule has 0 aliphatic carbocycles. The maximum Gasteiger partial charge on any atom is 0.328 e. The number of carboxylic acid groups (broad SMARTS) is 1. The van der Waals surface area contributed by atoms with Gasteiger partial charge in [0.1, 0.15) is 6.23 Å². The van der Waals surface area contributed by atoms with Gasteiger partial charge >= 0.3 is 5.97 Å². The quantitative estimate of drug-likeness (QED) is 0.369. The van der Waals surface area contributed by atoms with Crippen LogP contribution < -0.4 is 5.32 Å². The second kappa shape index (κ2) is 9.00. The first kappa shape index (κ1) is 17.9. The number of nitrogens with one attached hydrogen (secondary N) is 2. The fourth-order valence-electron chi connectivity index (χ4n) is 2.13. The lowest BCUT2D eigenvalue weighted by molar-refractivity contribution is -0.131. The minimum Gasteiger partial charge on any atom is -0.478 e. The molecule has 1 aromatic rings. The lowest BCUT2D eigenvalue weighted by atomic mass is 10.0. The van der Waals surface area contributed by atoms with E-state index in [1.54, 1.807) is 13.0 Å². The van der Waals surface area contributed by atoms with Gasteiger partial charge in [-0.2, -0.15) is 0 Å². The molecule has 0 aromatic heterocycles. The topological polar surface area (TPSA) is 82.4 Å². The van der Waals surface area contributed by atoms with Crippen LogP contribution in [-0.4, -0.2) is 29.6 Å². The smallest absolute Gasteiger partial charge is 0.328 e. The fraction of sp³-hybridized carbons (Fsp3) is 0.412. The van der Waals surface area contributed by atoms with E-state index in [1.807, 2.05) is 25.1 Å². The summed E-state index contributed by atoms with van der Waals surface area (Å²) in [5.74, 6) is -1.05. The zero-order valence-electron chi connectivity index (χ0n) is 13.3. The maximum absolute atomic E-state index is 10.8. The summed E-state index contributed by atoms with van der Waals surface area (Å²) in [6.45, 7) is 6.26. The Morgan fingerprint density at radius 1 is 1.41 bits per heavy atom. The maximum atomic E-state index is 10.8. The number of hydrogen-bond acceptors (Lipinski definition) is 4. The molecule has 0 saturated heterocycles. The Balaban J connectivity index is 3.03. The molecule has 0 fully saturated rings. The number of hydrogen-bond donors (Lipinski definition) is 3. The molecule has 0 heterocycles. The van der Waals surface area contributed by atoms with Crippen LogP contribution >= 0.6 is 0 Å². The van der Waals surface area contributed by atoms with Crippen LogP contribution in [0.5, 0.6) is 0 Å². The Morgan fingerprint density at radius 3 is 2.68 bits per heavy atom. The van der Waals surface area contributed by atoms with Crippen LogP contribution in [0.25, 0.3) is 0 Å². The van der Waals surface area contributed by atoms with E-state index in [1.165, 1.54) is 0 Å². The van der Waals surface area contributed by atoms with E-state index in [-0.39, 0.29) is 11.9 Å². The third-order valence-corrected chi connectivity index (χ3v) is 3.17. The highest BCUT2D eigenvalue weighted by molar-refractivity contribution is 6.15. The molecule has 1 unspecified atom stereocenters. The van der Waals surface area contributed by atoms with Crippen molar-refractivity contribution in [2.45, 2.75) is 39.8 Å². The number of anilines is 1. The van der Waals surface area contributed by atoms with Gasteiger partial charge in [0.05, 0.1) is 5.71 Å². The molecule has 0 spiro atoms. The summed E-state index contributed by atoms with van der Waals surface area (Å²) in [7, 11) is 0. The summed E-state index contributed by atoms with van der Waals surface area (Å²) in [6, 6.07) is 7.39. The average Bonchev–Trinajstić information content (AvgIpc) is 2.47. The number of allylic oxidation sites excluding steroid dienone is 1. The molecule has 5 heteroatoms. The average molecular weight is 304 g/mol. The van der Waals surface area contributed by atoms with Gasteiger partial charge in [0.15, 0.2) is 0 Å². The van der Waals surface area contributed by atoms with Crippen molar-refractivity contribution >= 4 is 17.4 Å². The van der Waals surface area contributed by atoms with E-state index in [2.05, 4.69) is 12.2 Å². The molecule has 0 saturated carbocycles. The van der Waals surface area contributed by atoms with Gasteiger partial charge in [-0.25, -0.2) is 4.79 Å². The van der Waals surface area contributed by atoms with E-state index in [0.29, 0.717) is 17.7 Å². The first-order valence-corrected chi connectivity index (χ1v) is 7.47. The SMILES string of the molecule is CCCC(Nc1ccccc1C(=N)/C(C)=C/C(=O)O)OCC. The zero-order valence-corrected chi connectivity index (χ0v) is 13.3. The molecule has 0 bridgehead atoms. The van der Waals surface area contributed by atoms with Gasteiger partial charge in [-0.15, -0.1) is 0 Å². The summed E-state index contributed by atoms with van der Waals surface area (Å²) < 4.78 is 5.66. The monoisotopic (exact) mass is 304 g/mol. The van der Waals surface area contributed by atoms with Gasteiger partial charge in [-0.05, 0) is 31.9 Å². The molecule has 1 atom stereocenters. The normalized spacial score (nSPS) is 12.8. The van der Waals surface area contributed by atoms with Crippen molar-refractivity contribution in [1.82, 2.24) is 0 Å². The van der Waals surface area contributed by atoms with E-state index in [9.17, 15) is 4.79 Å². The molecule has 120 valence electrons. The van der Waals surface area contributed by atoms with E-state index >= 15 is 0 Å². The number of ether oxygens (including phenoxy) is 1. The van der Waals surface area contributed by atoms with Crippen LogP contribution in [-0.2, 0) is 9.53 Å². The minimum absolute atomic E-state index is 0.118. The lowest BCUT2D eigenvalue weighted by Gasteiger charge is -2.21. The number of para-hydroxylation sites is 1. The fourth-order valence-corrected chi connectivity index (χ4v) is 2.13. The summed E-state index contributed by atoms with van der Waals surface area (Å²) in [6.07, 6.45) is 2.77. The van der Waals surface area contributed by atoms with Crippen LogP contribution in [0.3, 0.4) is 0 Å². The number of rotatable bonds is 9. The van der Waals surface area contributed by atoms with Crippen LogP contribution in [0.2, 0.25) is 0 Å². The molecule has 1 rings (SSSR count). The van der Waals surface area contributed by atoms with Crippen molar-refractivity contribution < 1.29 is 14.6 Å². The highest BCUT2D eigenvalue weighted by atomic mass is 16.5. The van der Waals surface area contributed by atoms with Gasteiger partial charge in [-0.1, -0.05) is 31.5 Å². The second-order valence-corrected chi connectivity index (χ2v) is 4.96. The Kier molecular flexibility index (Phi) is 7.32. The molecule has 1 aromatic carbocycles. The Morgan fingerprint density at radius 2 is 2.09 bits per heavy atom. The van der Waals surface area contributed by atoms with Gasteiger partial charge in [0.2, 0.25) is 0 Å². The standard InChI is InChI=1S/C17H24N2O3/c1-4-8-15(22-5-2)19-14-10-7-6-9-13(14)17(18)12(3)11-16(20)21/h6-7,9-11,15,18-19H,4-5,8H2,1-3H3,(H,20,21)/b12-11+,18-17?. The third kappa shape index (κ3) is 5.33. The van der Waals surface area contributed by atoms with Crippen LogP contribution in [0, 0.1) is 5.41 Å². The Bertz CT molecular complexity index is 547. The molecular weight excluding hydrogens is 280 g/mol. The minimum atomic E-state index is -1.05. The zero-order chi connectivity index (χ0) is 16.5. The molecule has 5 nitrogen and oxygen atoms in total. The highest BCUT2D eigenvalue weighted by Gasteiger charge is 2.13. The van der Waals surface area contributed by atoms with Crippen LogP contribution in [0.4, 0.5) is 5.69 Å². The number of aliphatic carboxylic acids is 1. The van der Waals surface area contributed by atoms with Crippen molar-refractivity contribution in [1.29, 1.82) is 5.41 Å². The first-order chi connectivity index (χ1) is 10.5. The van der Waals surface area contributed by atoms with Crippen molar-refractivity contribution in [2.24, 2.45) is 0 Å². The van der Waals surface area contributed by atoms with Crippen LogP contribution in [0.1, 0.15) is 39.2 Å². The van der Waals surface area contributed by atoms with Gasteiger partial charge in [0.25, 0.3) is 0 Å². The molecule has 22 heavy (non-hydrogen) atoms. The number of carbonyl (C=O) groups is 1. The summed E-state index contributed by atoms with van der Waals surface area (Å²) in [4.78, 5) is 10.8. The van der Waals surface area contributed by atoms with E-state index < -0.39 is 5.97 Å². The predicted octanol–water partition coefficient (Wildman–Crippen LogP) is 3.66. The van der Waals surface area contributed by atoms with Crippen molar-refractivity contribution in [3.63, 3.8) is 0 Å². The van der Waals surface area contributed by atoms with Gasteiger partial charge in [-0.3, -0.25) is 5.41 Å². The van der Waals surface area contributed by atoms with Crippen LogP contribution in [0.15, 0.2) is 35.9 Å². The molecule has 0 radical (unpaired) electrons. The lowest BCUT2D eigenvalue weighted by Crippen LogP contribution is -2.24. The molecule has 0 aliphatic heterocycles. The number of carboxylic acids is 1. The van der Waals surface area contributed by atoms with Gasteiger partial charge < -0.3 is 15.2 Å². The first-order valence-electron chi connectivity index (χ1n) is 7.47. The van der Waals surface area contributed by atoms with Crippen molar-refractivity contribution in [3.8, 4) is 0 Å². The summed E-state index contributed by atoms with van der Waals surface area (Å²) in [5, 5.41) is 20.3.